The maximum atomic E-state index is 12.7. The van der Waals surface area contributed by atoms with Gasteiger partial charge >= 0.3 is 0 Å². The first-order chi connectivity index (χ1) is 16.6. The van der Waals surface area contributed by atoms with Crippen molar-refractivity contribution in [2.75, 3.05) is 37.0 Å². The molecule has 0 atom stereocenters. The SMILES string of the molecule is CCOc1ccc(NC(=O)C2CCN(c3nn4cc(-c5ccc(OC)cc5)nc4s3)CC2)cc1. The van der Waals surface area contributed by atoms with Crippen molar-refractivity contribution < 1.29 is 14.3 Å². The third-order valence-corrected chi connectivity index (χ3v) is 6.97. The number of hydrogen-bond donors (Lipinski definition) is 1. The molecule has 5 rings (SSSR count). The number of ether oxygens (including phenoxy) is 2. The maximum Gasteiger partial charge on any atom is 0.227 e. The third kappa shape index (κ3) is 4.70. The largest absolute Gasteiger partial charge is 0.497 e. The maximum absolute atomic E-state index is 12.7. The molecule has 9 heteroatoms. The van der Waals surface area contributed by atoms with E-state index in [1.165, 1.54) is 0 Å². The lowest BCUT2D eigenvalue weighted by molar-refractivity contribution is -0.120. The van der Waals surface area contributed by atoms with E-state index in [2.05, 4.69) is 10.2 Å². The first-order valence-corrected chi connectivity index (χ1v) is 12.2. The lowest BCUT2D eigenvalue weighted by Crippen LogP contribution is -2.38. The first-order valence-electron chi connectivity index (χ1n) is 11.4. The number of rotatable bonds is 7. The molecule has 1 amide bonds. The number of methoxy groups -OCH3 is 1. The zero-order chi connectivity index (χ0) is 23.5. The van der Waals surface area contributed by atoms with Gasteiger partial charge in [0.25, 0.3) is 0 Å². The van der Waals surface area contributed by atoms with Gasteiger partial charge in [0.1, 0.15) is 11.5 Å². The van der Waals surface area contributed by atoms with Crippen LogP contribution in [0.5, 0.6) is 11.5 Å². The zero-order valence-corrected chi connectivity index (χ0v) is 20.0. The highest BCUT2D eigenvalue weighted by molar-refractivity contribution is 7.20. The van der Waals surface area contributed by atoms with Crippen LogP contribution in [0.2, 0.25) is 0 Å². The van der Waals surface area contributed by atoms with Crippen LogP contribution in [0, 0.1) is 5.92 Å². The molecular weight excluding hydrogens is 450 g/mol. The number of nitrogens with zero attached hydrogens (tertiary/aromatic N) is 4. The van der Waals surface area contributed by atoms with E-state index in [4.69, 9.17) is 19.6 Å². The number of hydrogen-bond acceptors (Lipinski definition) is 7. The molecule has 4 aromatic rings. The molecule has 1 fully saturated rings. The predicted molar refractivity (Wildman–Crippen MR) is 134 cm³/mol. The number of nitrogens with one attached hydrogen (secondary N) is 1. The summed E-state index contributed by atoms with van der Waals surface area (Å²) in [6, 6.07) is 15.4. The highest BCUT2D eigenvalue weighted by Crippen LogP contribution is 2.30. The van der Waals surface area contributed by atoms with Crippen LogP contribution in [0.25, 0.3) is 16.2 Å². The Bertz CT molecular complexity index is 1230. The number of anilines is 2. The van der Waals surface area contributed by atoms with Crippen molar-refractivity contribution >= 4 is 33.0 Å². The minimum absolute atomic E-state index is 0.00598. The van der Waals surface area contributed by atoms with Gasteiger partial charge in [-0.15, -0.1) is 5.10 Å². The molecule has 0 bridgehead atoms. The standard InChI is InChI=1S/C25H27N5O3S/c1-3-33-21-10-6-19(7-11-21)26-23(31)18-12-14-29(15-13-18)25-28-30-16-22(27-24(30)34-25)17-4-8-20(32-2)9-5-17/h4-11,16,18H,3,12-15H2,1-2H3,(H,26,31). The molecule has 0 aliphatic carbocycles. The second kappa shape index (κ2) is 9.72. The smallest absolute Gasteiger partial charge is 0.227 e. The minimum Gasteiger partial charge on any atom is -0.497 e. The summed E-state index contributed by atoms with van der Waals surface area (Å²) in [5.74, 6) is 1.69. The number of imidazole rings is 1. The molecule has 3 heterocycles. The van der Waals surface area contributed by atoms with Crippen LogP contribution in [0.4, 0.5) is 10.8 Å². The Morgan fingerprint density at radius 1 is 1.09 bits per heavy atom. The lowest BCUT2D eigenvalue weighted by Gasteiger charge is -2.30. The topological polar surface area (TPSA) is 81.0 Å². The van der Waals surface area contributed by atoms with Gasteiger partial charge in [-0.3, -0.25) is 4.79 Å². The van der Waals surface area contributed by atoms with Crippen molar-refractivity contribution in [3.63, 3.8) is 0 Å². The van der Waals surface area contributed by atoms with Crippen molar-refractivity contribution in [2.24, 2.45) is 5.92 Å². The van der Waals surface area contributed by atoms with Crippen LogP contribution in [0.1, 0.15) is 19.8 Å². The molecular formula is C25H27N5O3S. The number of aromatic nitrogens is 3. The van der Waals surface area contributed by atoms with E-state index >= 15 is 0 Å². The number of benzene rings is 2. The van der Waals surface area contributed by atoms with Gasteiger partial charge in [-0.05, 0) is 68.3 Å². The molecule has 1 N–H and O–H groups in total. The second-order valence-electron chi connectivity index (χ2n) is 8.17. The number of piperidine rings is 1. The Balaban J connectivity index is 1.18. The van der Waals surface area contributed by atoms with Gasteiger partial charge in [-0.2, -0.15) is 0 Å². The Morgan fingerprint density at radius 2 is 1.79 bits per heavy atom. The van der Waals surface area contributed by atoms with Crippen LogP contribution < -0.4 is 19.7 Å². The number of fused-ring (bicyclic) bond motifs is 1. The van der Waals surface area contributed by atoms with Crippen molar-refractivity contribution in [2.45, 2.75) is 19.8 Å². The molecule has 176 valence electrons. The number of carbonyl (C=O) groups excluding carboxylic acids is 1. The molecule has 1 saturated heterocycles. The van der Waals surface area contributed by atoms with Crippen LogP contribution in [0.3, 0.4) is 0 Å². The van der Waals surface area contributed by atoms with E-state index in [1.807, 2.05) is 66.2 Å². The Morgan fingerprint density at radius 3 is 2.44 bits per heavy atom. The molecule has 2 aromatic heterocycles. The lowest BCUT2D eigenvalue weighted by atomic mass is 9.96. The number of amides is 1. The van der Waals surface area contributed by atoms with Gasteiger partial charge < -0.3 is 19.7 Å². The fraction of sp³-hybridized carbons (Fsp3) is 0.320. The zero-order valence-electron chi connectivity index (χ0n) is 19.2. The molecule has 0 radical (unpaired) electrons. The summed E-state index contributed by atoms with van der Waals surface area (Å²) in [7, 11) is 1.66. The Hall–Kier alpha value is -3.59. The van der Waals surface area contributed by atoms with Crippen LogP contribution >= 0.6 is 11.3 Å². The van der Waals surface area contributed by atoms with Crippen LogP contribution in [-0.2, 0) is 4.79 Å². The minimum atomic E-state index is -0.00598. The molecule has 0 spiro atoms. The van der Waals surface area contributed by atoms with Crippen molar-refractivity contribution in [1.82, 2.24) is 14.6 Å². The highest BCUT2D eigenvalue weighted by Gasteiger charge is 2.27. The predicted octanol–water partition coefficient (Wildman–Crippen LogP) is 4.72. The average molecular weight is 478 g/mol. The van der Waals surface area contributed by atoms with Gasteiger partial charge in [0.15, 0.2) is 0 Å². The fourth-order valence-electron chi connectivity index (χ4n) is 4.10. The first kappa shape index (κ1) is 22.2. The summed E-state index contributed by atoms with van der Waals surface area (Å²) in [6.07, 6.45) is 3.54. The Kier molecular flexibility index (Phi) is 6.35. The third-order valence-electron chi connectivity index (χ3n) is 5.99. The summed E-state index contributed by atoms with van der Waals surface area (Å²) >= 11 is 1.57. The van der Waals surface area contributed by atoms with E-state index in [9.17, 15) is 4.79 Å². The number of carbonyl (C=O) groups is 1. The summed E-state index contributed by atoms with van der Waals surface area (Å²) in [4.78, 5) is 20.6. The monoisotopic (exact) mass is 477 g/mol. The van der Waals surface area contributed by atoms with Gasteiger partial charge in [-0.25, -0.2) is 9.50 Å². The fourth-order valence-corrected chi connectivity index (χ4v) is 5.03. The molecule has 34 heavy (non-hydrogen) atoms. The van der Waals surface area contributed by atoms with Crippen LogP contribution in [0.15, 0.2) is 54.7 Å². The summed E-state index contributed by atoms with van der Waals surface area (Å²) in [5.41, 5.74) is 2.71. The van der Waals surface area contributed by atoms with Crippen molar-refractivity contribution in [3.05, 3.63) is 54.7 Å². The molecule has 0 saturated carbocycles. The van der Waals surface area contributed by atoms with Crippen molar-refractivity contribution in [3.8, 4) is 22.8 Å². The van der Waals surface area contributed by atoms with E-state index < -0.39 is 0 Å². The molecule has 2 aromatic carbocycles. The summed E-state index contributed by atoms with van der Waals surface area (Å²) in [6.45, 7) is 4.16. The van der Waals surface area contributed by atoms with Gasteiger partial charge in [0.2, 0.25) is 16.0 Å². The summed E-state index contributed by atoms with van der Waals surface area (Å²) < 4.78 is 12.5. The van der Waals surface area contributed by atoms with E-state index in [1.54, 1.807) is 18.4 Å². The van der Waals surface area contributed by atoms with E-state index in [0.29, 0.717) is 6.61 Å². The normalized spacial score (nSPS) is 14.4. The van der Waals surface area contributed by atoms with Crippen LogP contribution in [-0.4, -0.2) is 47.3 Å². The van der Waals surface area contributed by atoms with E-state index in [-0.39, 0.29) is 11.8 Å². The van der Waals surface area contributed by atoms with Crippen molar-refractivity contribution in [1.29, 1.82) is 0 Å². The quantitative estimate of drug-likeness (QED) is 0.415. The Labute approximate surface area is 202 Å². The molecule has 1 aliphatic heterocycles. The summed E-state index contributed by atoms with van der Waals surface area (Å²) in [5, 5.41) is 8.71. The van der Waals surface area contributed by atoms with E-state index in [0.717, 1.165) is 64.5 Å². The molecule has 8 nitrogen and oxygen atoms in total. The average Bonchev–Trinajstić information content (AvgIpc) is 3.45. The second-order valence-corrected chi connectivity index (χ2v) is 9.11. The van der Waals surface area contributed by atoms with Gasteiger partial charge in [0, 0.05) is 30.3 Å². The van der Waals surface area contributed by atoms with Gasteiger partial charge in [-0.1, -0.05) is 11.3 Å². The van der Waals surface area contributed by atoms with Gasteiger partial charge in [0.05, 0.1) is 25.6 Å². The highest BCUT2D eigenvalue weighted by atomic mass is 32.1. The molecule has 0 unspecified atom stereocenters. The molecule has 1 aliphatic rings.